The molecule has 0 fully saturated rings. The van der Waals surface area contributed by atoms with Crippen molar-refractivity contribution in [1.29, 1.82) is 0 Å². The van der Waals surface area contributed by atoms with Gasteiger partial charge >= 0.3 is 0 Å². The van der Waals surface area contributed by atoms with Crippen molar-refractivity contribution in [2.75, 3.05) is 17.8 Å². The molecule has 0 aliphatic carbocycles. The van der Waals surface area contributed by atoms with E-state index in [0.717, 1.165) is 5.39 Å². The molecule has 0 radical (unpaired) electrons. The maximum Gasteiger partial charge on any atom is 0.264 e. The Morgan fingerprint density at radius 1 is 1.04 bits per heavy atom. The van der Waals surface area contributed by atoms with Gasteiger partial charge in [-0.05, 0) is 36.4 Å². The van der Waals surface area contributed by atoms with Crippen LogP contribution >= 0.6 is 0 Å². The lowest BCUT2D eigenvalue weighted by molar-refractivity contribution is 0.0955. The third-order valence-electron chi connectivity index (χ3n) is 3.71. The Labute approximate surface area is 151 Å². The summed E-state index contributed by atoms with van der Waals surface area (Å²) in [7, 11) is -3.82. The van der Waals surface area contributed by atoms with Gasteiger partial charge in [0.1, 0.15) is 4.90 Å². The molecule has 3 rings (SSSR count). The number of anilines is 1. The van der Waals surface area contributed by atoms with E-state index >= 15 is 0 Å². The number of fused-ring (bicyclic) bond motifs is 1. The molecule has 8 heteroatoms. The number of nitrogens with one attached hydrogen (secondary N) is 2. The second-order valence-electron chi connectivity index (χ2n) is 5.56. The smallest absolute Gasteiger partial charge is 0.264 e. The molecule has 3 aromatic rings. The first-order chi connectivity index (χ1) is 12.5. The second kappa shape index (κ2) is 7.51. The second-order valence-corrected chi connectivity index (χ2v) is 7.21. The van der Waals surface area contributed by atoms with E-state index in [2.05, 4.69) is 15.0 Å². The van der Waals surface area contributed by atoms with E-state index in [1.807, 2.05) is 0 Å². The van der Waals surface area contributed by atoms with Crippen LogP contribution in [0.25, 0.3) is 10.9 Å². The Morgan fingerprint density at radius 3 is 2.50 bits per heavy atom. The van der Waals surface area contributed by atoms with Crippen molar-refractivity contribution >= 4 is 32.5 Å². The number of hydrogen-bond donors (Lipinski definition) is 3. The van der Waals surface area contributed by atoms with Crippen LogP contribution in [0.15, 0.2) is 65.7 Å². The highest BCUT2D eigenvalue weighted by molar-refractivity contribution is 7.93. The molecule has 0 saturated carbocycles. The number of benzene rings is 2. The summed E-state index contributed by atoms with van der Waals surface area (Å²) in [6, 6.07) is 14.7. The number of hydrogen-bond acceptors (Lipinski definition) is 5. The molecule has 1 heterocycles. The summed E-state index contributed by atoms with van der Waals surface area (Å²) in [5, 5.41) is 3.39. The van der Waals surface area contributed by atoms with Crippen molar-refractivity contribution in [3.63, 3.8) is 0 Å². The number of amides is 1. The highest BCUT2D eigenvalue weighted by Gasteiger charge is 2.18. The number of aromatic nitrogens is 1. The zero-order chi connectivity index (χ0) is 18.6. The van der Waals surface area contributed by atoms with Crippen LogP contribution < -0.4 is 15.8 Å². The predicted molar refractivity (Wildman–Crippen MR) is 100 cm³/mol. The number of nitrogens with zero attached hydrogens (tertiary/aromatic N) is 1. The van der Waals surface area contributed by atoms with E-state index in [0.29, 0.717) is 29.9 Å². The minimum Gasteiger partial charge on any atom is -0.351 e. The molecular formula is C18H18N4O3S. The van der Waals surface area contributed by atoms with Crippen molar-refractivity contribution in [1.82, 2.24) is 10.3 Å². The van der Waals surface area contributed by atoms with Crippen LogP contribution in [0.3, 0.4) is 0 Å². The lowest BCUT2D eigenvalue weighted by atomic mass is 10.2. The Morgan fingerprint density at radius 2 is 1.77 bits per heavy atom. The fraction of sp³-hybridized carbons (Fsp3) is 0.111. The highest BCUT2D eigenvalue weighted by Crippen LogP contribution is 2.23. The SMILES string of the molecule is NCCNC(=O)c1ccc(NS(=O)(=O)c2cccc3cccnc23)cc1. The monoisotopic (exact) mass is 370 g/mol. The maximum absolute atomic E-state index is 12.7. The molecule has 0 bridgehead atoms. The van der Waals surface area contributed by atoms with E-state index in [1.165, 1.54) is 18.2 Å². The first-order valence-electron chi connectivity index (χ1n) is 7.96. The van der Waals surface area contributed by atoms with Gasteiger partial charge in [0.25, 0.3) is 15.9 Å². The van der Waals surface area contributed by atoms with E-state index < -0.39 is 10.0 Å². The number of carbonyl (C=O) groups excluding carboxylic acids is 1. The zero-order valence-corrected chi connectivity index (χ0v) is 14.7. The molecule has 0 aliphatic heterocycles. The van der Waals surface area contributed by atoms with Crippen molar-refractivity contribution in [3.8, 4) is 0 Å². The Kier molecular flexibility index (Phi) is 5.15. The highest BCUT2D eigenvalue weighted by atomic mass is 32.2. The topological polar surface area (TPSA) is 114 Å². The molecule has 0 aliphatic rings. The number of carbonyl (C=O) groups is 1. The Balaban J connectivity index is 1.84. The predicted octanol–water partition coefficient (Wildman–Crippen LogP) is 1.72. The maximum atomic E-state index is 12.7. The summed E-state index contributed by atoms with van der Waals surface area (Å²) in [4.78, 5) is 16.1. The van der Waals surface area contributed by atoms with Crippen molar-refractivity contribution < 1.29 is 13.2 Å². The molecule has 1 amide bonds. The summed E-state index contributed by atoms with van der Waals surface area (Å²) in [6.07, 6.45) is 1.55. The zero-order valence-electron chi connectivity index (χ0n) is 13.8. The fourth-order valence-electron chi connectivity index (χ4n) is 2.48. The lowest BCUT2D eigenvalue weighted by Crippen LogP contribution is -2.28. The molecule has 134 valence electrons. The molecule has 4 N–H and O–H groups in total. The van der Waals surface area contributed by atoms with Crippen LogP contribution in [0.1, 0.15) is 10.4 Å². The molecular weight excluding hydrogens is 352 g/mol. The average Bonchev–Trinajstić information content (AvgIpc) is 2.66. The lowest BCUT2D eigenvalue weighted by Gasteiger charge is -2.10. The number of rotatable bonds is 6. The molecule has 0 unspecified atom stereocenters. The third-order valence-corrected chi connectivity index (χ3v) is 5.13. The van der Waals surface area contributed by atoms with Gasteiger partial charge in [-0.25, -0.2) is 8.42 Å². The Hall–Kier alpha value is -2.97. The summed E-state index contributed by atoms with van der Waals surface area (Å²) in [6.45, 7) is 0.726. The normalized spacial score (nSPS) is 11.3. The van der Waals surface area contributed by atoms with Crippen LogP contribution in [-0.2, 0) is 10.0 Å². The molecule has 0 atom stereocenters. The molecule has 26 heavy (non-hydrogen) atoms. The van der Waals surface area contributed by atoms with Crippen LogP contribution in [0.5, 0.6) is 0 Å². The summed E-state index contributed by atoms with van der Waals surface area (Å²) < 4.78 is 28.0. The standard InChI is InChI=1S/C18H18N4O3S/c19-10-12-21-18(23)14-6-8-15(9-7-14)22-26(24,25)16-5-1-3-13-4-2-11-20-17(13)16/h1-9,11,22H,10,12,19H2,(H,21,23). The summed E-state index contributed by atoms with van der Waals surface area (Å²) in [5.74, 6) is -0.261. The quantitative estimate of drug-likeness (QED) is 0.611. The van der Waals surface area contributed by atoms with Gasteiger partial charge < -0.3 is 11.1 Å². The Bertz CT molecular complexity index is 1030. The summed E-state index contributed by atoms with van der Waals surface area (Å²) >= 11 is 0. The van der Waals surface area contributed by atoms with Crippen LogP contribution in [-0.4, -0.2) is 32.4 Å². The molecule has 7 nitrogen and oxygen atoms in total. The largest absolute Gasteiger partial charge is 0.351 e. The first-order valence-corrected chi connectivity index (χ1v) is 9.44. The third kappa shape index (κ3) is 3.81. The van der Waals surface area contributed by atoms with Crippen molar-refractivity contribution in [2.24, 2.45) is 5.73 Å². The van der Waals surface area contributed by atoms with E-state index in [-0.39, 0.29) is 10.8 Å². The van der Waals surface area contributed by atoms with Gasteiger partial charge in [0, 0.05) is 35.9 Å². The van der Waals surface area contributed by atoms with Gasteiger partial charge in [0.2, 0.25) is 0 Å². The summed E-state index contributed by atoms with van der Waals surface area (Å²) in [5.41, 5.74) is 6.53. The minimum absolute atomic E-state index is 0.0976. The molecule has 0 saturated heterocycles. The van der Waals surface area contributed by atoms with Crippen LogP contribution in [0, 0.1) is 0 Å². The van der Waals surface area contributed by atoms with Crippen LogP contribution in [0.4, 0.5) is 5.69 Å². The number of pyridine rings is 1. The van der Waals surface area contributed by atoms with Gasteiger partial charge in [-0.3, -0.25) is 14.5 Å². The fourth-order valence-corrected chi connectivity index (χ4v) is 3.72. The van der Waals surface area contributed by atoms with E-state index in [1.54, 1.807) is 42.6 Å². The molecule has 0 spiro atoms. The molecule has 1 aromatic heterocycles. The van der Waals surface area contributed by atoms with Gasteiger partial charge in [-0.15, -0.1) is 0 Å². The number of para-hydroxylation sites is 1. The van der Waals surface area contributed by atoms with Gasteiger partial charge in [-0.1, -0.05) is 18.2 Å². The van der Waals surface area contributed by atoms with E-state index in [4.69, 9.17) is 5.73 Å². The van der Waals surface area contributed by atoms with E-state index in [9.17, 15) is 13.2 Å². The number of nitrogens with two attached hydrogens (primary N) is 1. The average molecular weight is 370 g/mol. The minimum atomic E-state index is -3.82. The van der Waals surface area contributed by atoms with Crippen LogP contribution in [0.2, 0.25) is 0 Å². The van der Waals surface area contributed by atoms with Gasteiger partial charge in [0.15, 0.2) is 0 Å². The molecule has 2 aromatic carbocycles. The van der Waals surface area contributed by atoms with Crippen molar-refractivity contribution in [3.05, 3.63) is 66.4 Å². The van der Waals surface area contributed by atoms with Crippen molar-refractivity contribution in [2.45, 2.75) is 4.90 Å². The first kappa shape index (κ1) is 17.8. The van der Waals surface area contributed by atoms with Gasteiger partial charge in [-0.2, -0.15) is 0 Å². The number of sulfonamides is 1. The van der Waals surface area contributed by atoms with Gasteiger partial charge in [0.05, 0.1) is 5.52 Å².